The molecule has 1 aromatic rings. The van der Waals surface area contributed by atoms with Crippen molar-refractivity contribution in [2.24, 2.45) is 5.73 Å². The van der Waals surface area contributed by atoms with Crippen molar-refractivity contribution in [2.45, 2.75) is 24.8 Å². The Morgan fingerprint density at radius 3 is 2.43 bits per heavy atom. The minimum absolute atomic E-state index is 0.109. The Balaban J connectivity index is 2.21. The van der Waals surface area contributed by atoms with E-state index in [-0.39, 0.29) is 18.9 Å². The van der Waals surface area contributed by atoms with Crippen LogP contribution in [-0.2, 0) is 14.3 Å². The lowest BCUT2D eigenvalue weighted by molar-refractivity contribution is -0.136. The molecule has 0 unspecified atom stereocenters. The van der Waals surface area contributed by atoms with Crippen molar-refractivity contribution < 1.29 is 19.4 Å². The molecule has 0 radical (unpaired) electrons. The molecular formula is C15H20N2O4. The zero-order chi connectivity index (χ0) is 15.3. The van der Waals surface area contributed by atoms with Crippen molar-refractivity contribution in [1.82, 2.24) is 0 Å². The van der Waals surface area contributed by atoms with Crippen LogP contribution in [0.3, 0.4) is 0 Å². The first-order valence-corrected chi connectivity index (χ1v) is 6.98. The molecule has 3 N–H and O–H groups in total. The average molecular weight is 292 g/mol. The van der Waals surface area contributed by atoms with Crippen LogP contribution < -0.4 is 10.6 Å². The van der Waals surface area contributed by atoms with Crippen LogP contribution in [0.15, 0.2) is 30.3 Å². The summed E-state index contributed by atoms with van der Waals surface area (Å²) in [7, 11) is 0. The minimum Gasteiger partial charge on any atom is -0.481 e. The third kappa shape index (κ3) is 3.80. The number of nitrogens with zero attached hydrogens (tertiary/aromatic N) is 1. The number of rotatable bonds is 5. The highest BCUT2D eigenvalue weighted by atomic mass is 16.5. The second-order valence-corrected chi connectivity index (χ2v) is 5.20. The summed E-state index contributed by atoms with van der Waals surface area (Å²) >= 11 is 0. The number of nitrogens with two attached hydrogens (primary N) is 1. The summed E-state index contributed by atoms with van der Waals surface area (Å²) in [6.45, 7) is 1.01. The van der Waals surface area contributed by atoms with Gasteiger partial charge in [0, 0.05) is 25.4 Å². The maximum absolute atomic E-state index is 12.8. The number of hydrogen-bond donors (Lipinski definition) is 2. The van der Waals surface area contributed by atoms with E-state index >= 15 is 0 Å². The lowest BCUT2D eigenvalue weighted by Gasteiger charge is -2.36. The lowest BCUT2D eigenvalue weighted by atomic mass is 9.89. The molecular weight excluding hydrogens is 272 g/mol. The monoisotopic (exact) mass is 292 g/mol. The van der Waals surface area contributed by atoms with E-state index < -0.39 is 11.5 Å². The number of anilines is 1. The van der Waals surface area contributed by atoms with Crippen LogP contribution >= 0.6 is 0 Å². The predicted molar refractivity (Wildman–Crippen MR) is 78.0 cm³/mol. The van der Waals surface area contributed by atoms with Gasteiger partial charge in [-0.05, 0) is 25.0 Å². The fraction of sp³-hybridized carbons (Fsp3) is 0.467. The zero-order valence-corrected chi connectivity index (χ0v) is 11.8. The molecule has 0 spiro atoms. The number of amides is 1. The molecule has 114 valence electrons. The van der Waals surface area contributed by atoms with Crippen molar-refractivity contribution in [1.29, 1.82) is 0 Å². The summed E-state index contributed by atoms with van der Waals surface area (Å²) in [5.74, 6) is -1.18. The quantitative estimate of drug-likeness (QED) is 0.844. The fourth-order valence-electron chi connectivity index (χ4n) is 2.38. The van der Waals surface area contributed by atoms with Crippen LogP contribution in [-0.4, -0.2) is 42.3 Å². The fourth-order valence-corrected chi connectivity index (χ4v) is 2.38. The normalized spacial score (nSPS) is 17.2. The van der Waals surface area contributed by atoms with Crippen LogP contribution in [0, 0.1) is 0 Å². The van der Waals surface area contributed by atoms with Gasteiger partial charge >= 0.3 is 5.97 Å². The van der Waals surface area contributed by atoms with Crippen molar-refractivity contribution in [3.63, 3.8) is 0 Å². The van der Waals surface area contributed by atoms with Gasteiger partial charge in [-0.3, -0.25) is 9.59 Å². The van der Waals surface area contributed by atoms with Gasteiger partial charge in [-0.2, -0.15) is 0 Å². The van der Waals surface area contributed by atoms with E-state index in [0.717, 1.165) is 0 Å². The van der Waals surface area contributed by atoms with Gasteiger partial charge in [0.15, 0.2) is 0 Å². The molecule has 0 atom stereocenters. The van der Waals surface area contributed by atoms with E-state index in [1.807, 2.05) is 18.2 Å². The predicted octanol–water partition coefficient (Wildman–Crippen LogP) is 1.00. The summed E-state index contributed by atoms with van der Waals surface area (Å²) in [6, 6.07) is 9.02. The molecule has 1 fully saturated rings. The first-order valence-electron chi connectivity index (χ1n) is 6.98. The van der Waals surface area contributed by atoms with Crippen LogP contribution in [0.25, 0.3) is 0 Å². The van der Waals surface area contributed by atoms with Crippen LogP contribution in [0.2, 0.25) is 0 Å². The number of aliphatic carboxylic acids is 1. The number of para-hydroxylation sites is 1. The maximum atomic E-state index is 12.8. The summed E-state index contributed by atoms with van der Waals surface area (Å²) in [6.07, 6.45) is 0.775. The zero-order valence-electron chi connectivity index (χ0n) is 11.8. The van der Waals surface area contributed by atoms with Crippen molar-refractivity contribution >= 4 is 17.6 Å². The summed E-state index contributed by atoms with van der Waals surface area (Å²) < 4.78 is 5.25. The molecule has 1 heterocycles. The summed E-state index contributed by atoms with van der Waals surface area (Å²) in [5, 5.41) is 8.88. The van der Waals surface area contributed by atoms with Gasteiger partial charge in [0.2, 0.25) is 5.91 Å². The Labute approximate surface area is 123 Å². The Morgan fingerprint density at radius 1 is 1.24 bits per heavy atom. The first kappa shape index (κ1) is 15.5. The Kier molecular flexibility index (Phi) is 4.93. The van der Waals surface area contributed by atoms with E-state index in [0.29, 0.717) is 31.7 Å². The van der Waals surface area contributed by atoms with E-state index in [1.165, 1.54) is 4.90 Å². The largest absolute Gasteiger partial charge is 0.481 e. The Hall–Kier alpha value is -1.92. The number of carboxylic acids is 1. The van der Waals surface area contributed by atoms with Gasteiger partial charge in [0.1, 0.15) is 5.54 Å². The molecule has 0 saturated carbocycles. The smallest absolute Gasteiger partial charge is 0.305 e. The highest BCUT2D eigenvalue weighted by Crippen LogP contribution is 2.24. The second kappa shape index (κ2) is 6.69. The highest BCUT2D eigenvalue weighted by Gasteiger charge is 2.39. The third-order valence-corrected chi connectivity index (χ3v) is 3.67. The van der Waals surface area contributed by atoms with E-state index in [9.17, 15) is 9.59 Å². The molecule has 0 bridgehead atoms. The van der Waals surface area contributed by atoms with Crippen molar-refractivity contribution in [2.75, 3.05) is 24.7 Å². The van der Waals surface area contributed by atoms with Crippen LogP contribution in [0.1, 0.15) is 19.3 Å². The highest BCUT2D eigenvalue weighted by molar-refractivity contribution is 6.00. The molecule has 6 nitrogen and oxygen atoms in total. The number of ether oxygens (including phenoxy) is 1. The number of carboxylic acid groups (broad SMARTS) is 1. The first-order chi connectivity index (χ1) is 10.0. The second-order valence-electron chi connectivity index (χ2n) is 5.20. The standard InChI is InChI=1S/C15H20N2O4/c16-15(7-10-21-11-8-15)14(20)17(9-6-13(18)19)12-4-2-1-3-5-12/h1-5H,6-11,16H2,(H,18,19). The number of carbonyl (C=O) groups excluding carboxylic acids is 1. The molecule has 2 rings (SSSR count). The SMILES string of the molecule is NC1(C(=O)N(CCC(=O)O)c2ccccc2)CCOCC1. The number of hydrogen-bond acceptors (Lipinski definition) is 4. The lowest BCUT2D eigenvalue weighted by Crippen LogP contribution is -2.58. The maximum Gasteiger partial charge on any atom is 0.305 e. The Bertz CT molecular complexity index is 498. The summed E-state index contributed by atoms with van der Waals surface area (Å²) in [5.41, 5.74) is 5.92. The Morgan fingerprint density at radius 2 is 1.86 bits per heavy atom. The van der Waals surface area contributed by atoms with Crippen LogP contribution in [0.5, 0.6) is 0 Å². The topological polar surface area (TPSA) is 92.9 Å². The molecule has 1 saturated heterocycles. The van der Waals surface area contributed by atoms with Gasteiger partial charge in [-0.15, -0.1) is 0 Å². The molecule has 6 heteroatoms. The molecule has 0 aliphatic carbocycles. The molecule has 1 amide bonds. The van der Waals surface area contributed by atoms with Crippen LogP contribution in [0.4, 0.5) is 5.69 Å². The third-order valence-electron chi connectivity index (χ3n) is 3.67. The minimum atomic E-state index is -0.980. The molecule has 21 heavy (non-hydrogen) atoms. The van der Waals surface area contributed by atoms with Gasteiger partial charge in [-0.25, -0.2) is 0 Å². The summed E-state index contributed by atoms with van der Waals surface area (Å²) in [4.78, 5) is 25.1. The average Bonchev–Trinajstić information content (AvgIpc) is 2.49. The van der Waals surface area contributed by atoms with Gasteiger partial charge in [-0.1, -0.05) is 18.2 Å². The molecule has 1 aliphatic heterocycles. The number of carbonyl (C=O) groups is 2. The molecule has 1 aromatic carbocycles. The molecule has 0 aromatic heterocycles. The van der Waals surface area contributed by atoms with Gasteiger partial charge in [0.25, 0.3) is 0 Å². The van der Waals surface area contributed by atoms with Crippen molar-refractivity contribution in [3.05, 3.63) is 30.3 Å². The van der Waals surface area contributed by atoms with E-state index in [2.05, 4.69) is 0 Å². The van der Waals surface area contributed by atoms with Gasteiger partial charge < -0.3 is 20.5 Å². The molecule has 1 aliphatic rings. The van der Waals surface area contributed by atoms with Crippen molar-refractivity contribution in [3.8, 4) is 0 Å². The van der Waals surface area contributed by atoms with E-state index in [4.69, 9.17) is 15.6 Å². The van der Waals surface area contributed by atoms with E-state index in [1.54, 1.807) is 12.1 Å². The van der Waals surface area contributed by atoms with Gasteiger partial charge in [0.05, 0.1) is 6.42 Å². The number of benzene rings is 1.